The van der Waals surface area contributed by atoms with Crippen LogP contribution in [-0.2, 0) is 14.3 Å². The third-order valence-corrected chi connectivity index (χ3v) is 7.00. The normalized spacial score (nSPS) is 10.5. The maximum atomic E-state index is 13.0. The number of nitrogens with one attached hydrogen (secondary N) is 1. The lowest BCUT2D eigenvalue weighted by Gasteiger charge is -2.11. The van der Waals surface area contributed by atoms with Crippen LogP contribution in [0.4, 0.5) is 5.00 Å². The fraction of sp³-hybridized carbons (Fsp3) is 0.103. The highest BCUT2D eigenvalue weighted by Gasteiger charge is 2.25. The summed E-state index contributed by atoms with van der Waals surface area (Å²) in [4.78, 5) is 51.3. The second-order valence-electron chi connectivity index (χ2n) is 8.06. The Morgan fingerprint density at radius 2 is 1.46 bits per heavy atom. The standard InChI is InChI=1S/C29H21Cl2NO6S/c1-2-37-29(36)25-22(19-7-5-6-10-23(19)31)16-39-27(25)32-24(33)15-38-28(35)21-9-4-3-8-20(21)26(34)17-11-13-18(30)14-12-17/h3-14,16H,2,15H2,1H3,(H,32,33). The summed E-state index contributed by atoms with van der Waals surface area (Å²) >= 11 is 13.3. The van der Waals surface area contributed by atoms with E-state index in [0.29, 0.717) is 26.7 Å². The number of esters is 2. The summed E-state index contributed by atoms with van der Waals surface area (Å²) < 4.78 is 10.4. The Hall–Kier alpha value is -3.98. The second-order valence-corrected chi connectivity index (χ2v) is 9.78. The summed E-state index contributed by atoms with van der Waals surface area (Å²) in [5.74, 6) is -2.55. The molecule has 198 valence electrons. The van der Waals surface area contributed by atoms with Gasteiger partial charge in [-0.05, 0) is 43.3 Å². The van der Waals surface area contributed by atoms with Crippen LogP contribution in [0.5, 0.6) is 0 Å². The fourth-order valence-electron chi connectivity index (χ4n) is 3.72. The Kier molecular flexibility index (Phi) is 9.14. The van der Waals surface area contributed by atoms with Gasteiger partial charge in [-0.2, -0.15) is 0 Å². The zero-order valence-electron chi connectivity index (χ0n) is 20.5. The maximum Gasteiger partial charge on any atom is 0.341 e. The zero-order valence-corrected chi connectivity index (χ0v) is 22.9. The molecule has 0 saturated carbocycles. The number of benzene rings is 3. The molecule has 1 N–H and O–H groups in total. The number of carbonyl (C=O) groups is 4. The predicted molar refractivity (Wildman–Crippen MR) is 151 cm³/mol. The van der Waals surface area contributed by atoms with Crippen LogP contribution in [-0.4, -0.2) is 36.8 Å². The number of carbonyl (C=O) groups excluding carboxylic acids is 4. The molecule has 1 amide bonds. The Bertz CT molecular complexity index is 1550. The molecular weight excluding hydrogens is 561 g/mol. The van der Waals surface area contributed by atoms with E-state index >= 15 is 0 Å². The number of amides is 1. The number of rotatable bonds is 9. The topological polar surface area (TPSA) is 98.8 Å². The first kappa shape index (κ1) is 28.0. The van der Waals surface area contributed by atoms with E-state index in [-0.39, 0.29) is 28.3 Å². The molecule has 0 spiro atoms. The van der Waals surface area contributed by atoms with Crippen molar-refractivity contribution in [3.05, 3.63) is 110 Å². The van der Waals surface area contributed by atoms with E-state index in [4.69, 9.17) is 32.7 Å². The molecule has 7 nitrogen and oxygen atoms in total. The number of halogens is 2. The van der Waals surface area contributed by atoms with Gasteiger partial charge in [0, 0.05) is 37.7 Å². The van der Waals surface area contributed by atoms with E-state index < -0.39 is 30.2 Å². The van der Waals surface area contributed by atoms with Crippen molar-refractivity contribution in [1.29, 1.82) is 0 Å². The van der Waals surface area contributed by atoms with Crippen molar-refractivity contribution in [3.63, 3.8) is 0 Å². The van der Waals surface area contributed by atoms with Gasteiger partial charge >= 0.3 is 11.9 Å². The second kappa shape index (κ2) is 12.7. The van der Waals surface area contributed by atoms with E-state index in [1.54, 1.807) is 73.0 Å². The molecule has 1 aromatic heterocycles. The summed E-state index contributed by atoms with van der Waals surface area (Å²) in [6.07, 6.45) is 0. The molecule has 0 aliphatic heterocycles. The molecule has 0 unspecified atom stereocenters. The van der Waals surface area contributed by atoms with Crippen molar-refractivity contribution in [2.24, 2.45) is 0 Å². The molecular formula is C29H21Cl2NO6S. The average Bonchev–Trinajstić information content (AvgIpc) is 3.35. The Morgan fingerprint density at radius 1 is 0.795 bits per heavy atom. The number of hydrogen-bond acceptors (Lipinski definition) is 7. The van der Waals surface area contributed by atoms with Crippen molar-refractivity contribution in [2.45, 2.75) is 6.92 Å². The predicted octanol–water partition coefficient (Wildman–Crippen LogP) is 6.93. The van der Waals surface area contributed by atoms with E-state index in [1.165, 1.54) is 12.1 Å². The van der Waals surface area contributed by atoms with E-state index in [1.807, 2.05) is 0 Å². The minimum Gasteiger partial charge on any atom is -0.462 e. The van der Waals surface area contributed by atoms with Crippen molar-refractivity contribution >= 4 is 63.2 Å². The van der Waals surface area contributed by atoms with Crippen molar-refractivity contribution in [3.8, 4) is 11.1 Å². The van der Waals surface area contributed by atoms with Crippen LogP contribution in [0.15, 0.2) is 78.2 Å². The van der Waals surface area contributed by atoms with Gasteiger partial charge in [0.05, 0.1) is 12.2 Å². The minimum atomic E-state index is -0.850. The zero-order chi connectivity index (χ0) is 27.9. The minimum absolute atomic E-state index is 0.00888. The van der Waals surface area contributed by atoms with Crippen LogP contribution in [0.25, 0.3) is 11.1 Å². The average molecular weight is 582 g/mol. The van der Waals surface area contributed by atoms with Crippen LogP contribution in [0.1, 0.15) is 43.6 Å². The summed E-state index contributed by atoms with van der Waals surface area (Å²) in [5, 5.41) is 5.43. The Balaban J connectivity index is 1.50. The SMILES string of the molecule is CCOC(=O)c1c(-c2ccccc2Cl)csc1NC(=O)COC(=O)c1ccccc1C(=O)c1ccc(Cl)cc1. The van der Waals surface area contributed by atoms with Gasteiger partial charge in [-0.25, -0.2) is 9.59 Å². The summed E-state index contributed by atoms with van der Waals surface area (Å²) in [6, 6.07) is 19.4. The van der Waals surface area contributed by atoms with Crippen molar-refractivity contribution in [2.75, 3.05) is 18.5 Å². The molecule has 3 aromatic carbocycles. The number of ketones is 1. The molecule has 0 radical (unpaired) electrons. The van der Waals surface area contributed by atoms with E-state index in [0.717, 1.165) is 11.3 Å². The first-order valence-electron chi connectivity index (χ1n) is 11.7. The monoisotopic (exact) mass is 581 g/mol. The molecule has 39 heavy (non-hydrogen) atoms. The highest BCUT2D eigenvalue weighted by Crippen LogP contribution is 2.39. The third-order valence-electron chi connectivity index (χ3n) is 5.52. The van der Waals surface area contributed by atoms with Crippen molar-refractivity contribution < 1.29 is 28.7 Å². The van der Waals surface area contributed by atoms with E-state index in [2.05, 4.69) is 5.32 Å². The smallest absolute Gasteiger partial charge is 0.341 e. The molecule has 0 aliphatic rings. The van der Waals surface area contributed by atoms with Crippen molar-refractivity contribution in [1.82, 2.24) is 0 Å². The molecule has 0 saturated heterocycles. The lowest BCUT2D eigenvalue weighted by atomic mass is 9.98. The van der Waals surface area contributed by atoms with Gasteiger partial charge in [-0.15, -0.1) is 11.3 Å². The van der Waals surface area contributed by atoms with Crippen LogP contribution >= 0.6 is 34.5 Å². The fourth-order valence-corrected chi connectivity index (χ4v) is 5.05. The largest absolute Gasteiger partial charge is 0.462 e. The molecule has 4 rings (SSSR count). The van der Waals surface area contributed by atoms with Gasteiger partial charge in [0.25, 0.3) is 5.91 Å². The van der Waals surface area contributed by atoms with Gasteiger partial charge in [-0.1, -0.05) is 59.6 Å². The Morgan fingerprint density at radius 3 is 2.15 bits per heavy atom. The van der Waals surface area contributed by atoms with Gasteiger partial charge in [0.2, 0.25) is 0 Å². The first-order chi connectivity index (χ1) is 18.8. The van der Waals surface area contributed by atoms with E-state index in [9.17, 15) is 19.2 Å². The van der Waals surface area contributed by atoms with Gasteiger partial charge < -0.3 is 14.8 Å². The lowest BCUT2D eigenvalue weighted by molar-refractivity contribution is -0.119. The third kappa shape index (κ3) is 6.54. The van der Waals surface area contributed by atoms with Crippen LogP contribution in [0.3, 0.4) is 0 Å². The maximum absolute atomic E-state index is 13.0. The molecule has 1 heterocycles. The molecule has 4 aromatic rings. The van der Waals surface area contributed by atoms with Crippen LogP contribution in [0, 0.1) is 0 Å². The number of hydrogen-bond donors (Lipinski definition) is 1. The van der Waals surface area contributed by atoms with Gasteiger partial charge in [-0.3, -0.25) is 9.59 Å². The molecule has 0 bridgehead atoms. The number of thiophene rings is 1. The lowest BCUT2D eigenvalue weighted by Crippen LogP contribution is -2.22. The molecule has 0 atom stereocenters. The molecule has 0 aliphatic carbocycles. The number of anilines is 1. The van der Waals surface area contributed by atoms with Crippen LogP contribution < -0.4 is 5.32 Å². The highest BCUT2D eigenvalue weighted by molar-refractivity contribution is 7.15. The Labute approximate surface area is 238 Å². The summed E-state index contributed by atoms with van der Waals surface area (Å²) in [7, 11) is 0. The highest BCUT2D eigenvalue weighted by atomic mass is 35.5. The quantitative estimate of drug-likeness (QED) is 0.170. The van der Waals surface area contributed by atoms with Crippen LogP contribution in [0.2, 0.25) is 10.0 Å². The summed E-state index contributed by atoms with van der Waals surface area (Å²) in [5.41, 5.74) is 1.73. The summed E-state index contributed by atoms with van der Waals surface area (Å²) in [6.45, 7) is 1.16. The molecule has 10 heteroatoms. The number of ether oxygens (including phenoxy) is 2. The van der Waals surface area contributed by atoms with Gasteiger partial charge in [0.15, 0.2) is 12.4 Å². The van der Waals surface area contributed by atoms with Gasteiger partial charge in [0.1, 0.15) is 10.6 Å². The molecule has 0 fully saturated rings. The first-order valence-corrected chi connectivity index (χ1v) is 13.3.